The maximum atomic E-state index is 2.50. The fourth-order valence-electron chi connectivity index (χ4n) is 2.72. The first-order valence-corrected chi connectivity index (χ1v) is 7.11. The van der Waals surface area contributed by atoms with Gasteiger partial charge >= 0.3 is 0 Å². The molecule has 0 saturated carbocycles. The molecular weight excluding hydrogens is 194 g/mol. The van der Waals surface area contributed by atoms with Gasteiger partial charge < -0.3 is 4.90 Å². The van der Waals surface area contributed by atoms with Gasteiger partial charge in [0.25, 0.3) is 0 Å². The maximum Gasteiger partial charge on any atom is 0.00690 e. The van der Waals surface area contributed by atoms with Gasteiger partial charge in [-0.05, 0) is 38.1 Å². The fraction of sp³-hybridized carbons (Fsp3) is 1.00. The van der Waals surface area contributed by atoms with Crippen molar-refractivity contribution in [3.05, 3.63) is 0 Å². The number of rotatable bonds is 0. The summed E-state index contributed by atoms with van der Waals surface area (Å²) in [4.78, 5) is 2.50. The molecule has 0 aromatic carbocycles. The molecule has 1 aliphatic heterocycles. The van der Waals surface area contributed by atoms with Crippen LogP contribution in [0.15, 0.2) is 0 Å². The van der Waals surface area contributed by atoms with Crippen molar-refractivity contribution in [2.75, 3.05) is 13.6 Å². The van der Waals surface area contributed by atoms with Crippen molar-refractivity contribution in [3.63, 3.8) is 0 Å². The van der Waals surface area contributed by atoms with E-state index in [-0.39, 0.29) is 0 Å². The van der Waals surface area contributed by atoms with Gasteiger partial charge in [-0.1, -0.05) is 48.5 Å². The zero-order chi connectivity index (χ0) is 13.4. The van der Waals surface area contributed by atoms with Crippen LogP contribution >= 0.6 is 0 Å². The van der Waals surface area contributed by atoms with Gasteiger partial charge in [-0.2, -0.15) is 0 Å². The van der Waals surface area contributed by atoms with Crippen molar-refractivity contribution in [1.82, 2.24) is 4.90 Å². The number of hydrogen-bond donors (Lipinski definition) is 0. The molecule has 2 atom stereocenters. The minimum absolute atomic E-state index is 0.545. The summed E-state index contributed by atoms with van der Waals surface area (Å²) in [6, 6.07) is 0.755. The van der Waals surface area contributed by atoms with Gasteiger partial charge in [-0.25, -0.2) is 0 Å². The highest BCUT2D eigenvalue weighted by atomic mass is 15.1. The van der Waals surface area contributed by atoms with Crippen LogP contribution in [-0.2, 0) is 0 Å². The second-order valence-corrected chi connectivity index (χ2v) is 5.47. The molecule has 0 amide bonds. The fourth-order valence-corrected chi connectivity index (χ4v) is 2.72. The number of nitrogens with zero attached hydrogens (tertiary/aromatic N) is 1. The second kappa shape index (κ2) is 9.04. The van der Waals surface area contributed by atoms with E-state index in [1.165, 1.54) is 19.4 Å². The Bertz CT molecular complexity index is 152. The highest BCUT2D eigenvalue weighted by Gasteiger charge is 2.29. The summed E-state index contributed by atoms with van der Waals surface area (Å²) in [5.41, 5.74) is 0.545. The molecule has 16 heavy (non-hydrogen) atoms. The normalized spacial score (nSPS) is 29.1. The van der Waals surface area contributed by atoms with Crippen molar-refractivity contribution in [3.8, 4) is 0 Å². The van der Waals surface area contributed by atoms with Crippen LogP contribution < -0.4 is 0 Å². The molecular formula is C15H35N. The van der Waals surface area contributed by atoms with E-state index in [2.05, 4.69) is 39.6 Å². The first-order valence-electron chi connectivity index (χ1n) is 7.11. The van der Waals surface area contributed by atoms with Crippen LogP contribution in [0, 0.1) is 11.3 Å². The largest absolute Gasteiger partial charge is 0.303 e. The third kappa shape index (κ3) is 7.27. The SMILES string of the molecule is CC.CC.CC1CN(C)[C@H](C)CC(C)(C)C1. The van der Waals surface area contributed by atoms with E-state index in [1.807, 2.05) is 27.7 Å². The molecule has 1 fully saturated rings. The average molecular weight is 229 g/mol. The Morgan fingerprint density at radius 3 is 1.81 bits per heavy atom. The topological polar surface area (TPSA) is 3.24 Å². The second-order valence-electron chi connectivity index (χ2n) is 5.47. The molecule has 0 aromatic heterocycles. The van der Waals surface area contributed by atoms with Gasteiger partial charge in [0.15, 0.2) is 0 Å². The third-order valence-corrected chi connectivity index (χ3v) is 3.10. The lowest BCUT2D eigenvalue weighted by molar-refractivity contribution is 0.222. The predicted octanol–water partition coefficient (Wildman–Crippen LogP) is 4.82. The molecule has 1 saturated heterocycles. The molecule has 1 aliphatic rings. The first-order chi connectivity index (χ1) is 7.41. The molecule has 0 aromatic rings. The van der Waals surface area contributed by atoms with Crippen LogP contribution in [-0.4, -0.2) is 24.5 Å². The molecule has 0 bridgehead atoms. The summed E-state index contributed by atoms with van der Waals surface area (Å²) in [5.74, 6) is 0.856. The Morgan fingerprint density at radius 1 is 0.938 bits per heavy atom. The van der Waals surface area contributed by atoms with Gasteiger partial charge in [0.1, 0.15) is 0 Å². The third-order valence-electron chi connectivity index (χ3n) is 3.10. The van der Waals surface area contributed by atoms with Crippen LogP contribution in [0.3, 0.4) is 0 Å². The average Bonchev–Trinajstić information content (AvgIpc) is 2.29. The molecule has 1 nitrogen and oxygen atoms in total. The van der Waals surface area contributed by atoms with E-state index >= 15 is 0 Å². The van der Waals surface area contributed by atoms with Crippen molar-refractivity contribution in [2.24, 2.45) is 11.3 Å². The molecule has 0 spiro atoms. The van der Waals surface area contributed by atoms with Gasteiger partial charge in [-0.3, -0.25) is 0 Å². The lowest BCUT2D eigenvalue weighted by Crippen LogP contribution is -2.31. The molecule has 1 heteroatoms. The summed E-state index contributed by atoms with van der Waals surface area (Å²) in [5, 5.41) is 0. The van der Waals surface area contributed by atoms with Crippen LogP contribution in [0.2, 0.25) is 0 Å². The standard InChI is InChI=1S/C11H23N.2C2H6/c1-9-6-11(3,4)7-10(2)12(5)8-9;2*1-2/h9-10H,6-8H2,1-5H3;2*1-2H3/t9?,10-;;/m1../s1. The van der Waals surface area contributed by atoms with Crippen LogP contribution in [0.5, 0.6) is 0 Å². The summed E-state index contributed by atoms with van der Waals surface area (Å²) in [6.07, 6.45) is 2.72. The van der Waals surface area contributed by atoms with Crippen molar-refractivity contribution in [2.45, 2.75) is 74.3 Å². The molecule has 1 rings (SSSR count). The van der Waals surface area contributed by atoms with Crippen LogP contribution in [0.1, 0.15) is 68.2 Å². The highest BCUT2D eigenvalue weighted by molar-refractivity contribution is 4.82. The Kier molecular flexibility index (Phi) is 10.4. The van der Waals surface area contributed by atoms with E-state index < -0.39 is 0 Å². The minimum Gasteiger partial charge on any atom is -0.303 e. The quantitative estimate of drug-likeness (QED) is 0.576. The first kappa shape index (κ1) is 18.3. The van der Waals surface area contributed by atoms with Crippen molar-refractivity contribution >= 4 is 0 Å². The van der Waals surface area contributed by atoms with E-state index in [1.54, 1.807) is 0 Å². The lowest BCUT2D eigenvalue weighted by Gasteiger charge is -2.27. The number of likely N-dealkylation sites (tertiary alicyclic amines) is 1. The van der Waals surface area contributed by atoms with E-state index in [0.29, 0.717) is 5.41 Å². The Hall–Kier alpha value is -0.0400. The van der Waals surface area contributed by atoms with Gasteiger partial charge in [0.2, 0.25) is 0 Å². The van der Waals surface area contributed by atoms with Gasteiger partial charge in [0, 0.05) is 12.6 Å². The summed E-state index contributed by atoms with van der Waals surface area (Å²) in [7, 11) is 2.25. The Morgan fingerprint density at radius 2 is 1.38 bits per heavy atom. The molecule has 0 radical (unpaired) electrons. The summed E-state index contributed by atoms with van der Waals surface area (Å²) >= 11 is 0. The minimum atomic E-state index is 0.545. The van der Waals surface area contributed by atoms with Crippen LogP contribution in [0.4, 0.5) is 0 Å². The van der Waals surface area contributed by atoms with Gasteiger partial charge in [0.05, 0.1) is 0 Å². The van der Waals surface area contributed by atoms with E-state index in [0.717, 1.165) is 12.0 Å². The highest BCUT2D eigenvalue weighted by Crippen LogP contribution is 2.34. The molecule has 0 N–H and O–H groups in total. The molecule has 0 aliphatic carbocycles. The molecule has 100 valence electrons. The van der Waals surface area contributed by atoms with Crippen molar-refractivity contribution in [1.29, 1.82) is 0 Å². The number of hydrogen-bond acceptors (Lipinski definition) is 1. The monoisotopic (exact) mass is 229 g/mol. The lowest BCUT2D eigenvalue weighted by atomic mass is 9.80. The van der Waals surface area contributed by atoms with E-state index in [9.17, 15) is 0 Å². The Labute approximate surface area is 105 Å². The summed E-state index contributed by atoms with van der Waals surface area (Å²) < 4.78 is 0. The van der Waals surface area contributed by atoms with Gasteiger partial charge in [-0.15, -0.1) is 0 Å². The predicted molar refractivity (Wildman–Crippen MR) is 77.0 cm³/mol. The summed E-state index contributed by atoms with van der Waals surface area (Å²) in [6.45, 7) is 18.8. The van der Waals surface area contributed by atoms with Crippen LogP contribution in [0.25, 0.3) is 0 Å². The zero-order valence-corrected chi connectivity index (χ0v) is 13.2. The zero-order valence-electron chi connectivity index (χ0n) is 13.2. The molecule has 1 unspecified atom stereocenters. The maximum absolute atomic E-state index is 2.50. The smallest absolute Gasteiger partial charge is 0.00690 e. The molecule has 1 heterocycles. The van der Waals surface area contributed by atoms with E-state index in [4.69, 9.17) is 0 Å². The van der Waals surface area contributed by atoms with Crippen molar-refractivity contribution < 1.29 is 0 Å². The Balaban J connectivity index is 0.